The van der Waals surface area contributed by atoms with Crippen molar-refractivity contribution in [1.29, 1.82) is 0 Å². The number of amides is 1. The highest BCUT2D eigenvalue weighted by molar-refractivity contribution is 5.87. The molecule has 0 aliphatic carbocycles. The summed E-state index contributed by atoms with van der Waals surface area (Å²) in [5.74, 6) is -0.545. The van der Waals surface area contributed by atoms with Gasteiger partial charge in [0.15, 0.2) is 0 Å². The van der Waals surface area contributed by atoms with Gasteiger partial charge in [0, 0.05) is 11.8 Å². The molecule has 1 aromatic carbocycles. The number of nitrogens with zero attached hydrogens (tertiary/aromatic N) is 1. The lowest BCUT2D eigenvalue weighted by molar-refractivity contribution is -0.126. The van der Waals surface area contributed by atoms with Crippen LogP contribution in [-0.2, 0) is 16.6 Å². The van der Waals surface area contributed by atoms with Gasteiger partial charge >= 0.3 is 0 Å². The second kappa shape index (κ2) is 6.90. The molecule has 0 saturated heterocycles. The van der Waals surface area contributed by atoms with Gasteiger partial charge in [0.2, 0.25) is 5.91 Å². The smallest absolute Gasteiger partial charge is 0.230 e. The zero-order valence-corrected chi connectivity index (χ0v) is 14.1. The molecule has 0 aliphatic rings. The molecule has 1 heterocycles. The van der Waals surface area contributed by atoms with Crippen LogP contribution < -0.4 is 5.32 Å². The van der Waals surface area contributed by atoms with Gasteiger partial charge in [-0.25, -0.2) is 4.39 Å². The fourth-order valence-electron chi connectivity index (χ4n) is 2.48. The van der Waals surface area contributed by atoms with Crippen LogP contribution in [-0.4, -0.2) is 10.9 Å². The predicted molar refractivity (Wildman–Crippen MR) is 89.6 cm³/mol. The van der Waals surface area contributed by atoms with E-state index < -0.39 is 17.3 Å². The predicted octanol–water partition coefficient (Wildman–Crippen LogP) is 3.94. The van der Waals surface area contributed by atoms with E-state index in [9.17, 15) is 9.18 Å². The van der Waals surface area contributed by atoms with Gasteiger partial charge in [-0.1, -0.05) is 31.2 Å². The minimum Gasteiger partial charge on any atom is -0.349 e. The first kappa shape index (κ1) is 17.1. The normalized spacial score (nSPS) is 12.7. The van der Waals surface area contributed by atoms with Gasteiger partial charge in [-0.3, -0.25) is 9.78 Å². The molecule has 1 amide bonds. The van der Waals surface area contributed by atoms with Gasteiger partial charge < -0.3 is 5.32 Å². The van der Waals surface area contributed by atoms with Crippen LogP contribution in [0.2, 0.25) is 0 Å². The third kappa shape index (κ3) is 3.76. The standard InChI is InChI=1S/C19H23FN2O/c1-5-14-6-8-15(9-7-14)19(3,4)18(23)22-13(2)16-10-11-21-12-17(16)20/h6-13H,5H2,1-4H3,(H,22,23). The highest BCUT2D eigenvalue weighted by Gasteiger charge is 2.31. The van der Waals surface area contributed by atoms with E-state index in [4.69, 9.17) is 0 Å². The Bertz CT molecular complexity index is 680. The molecule has 0 fully saturated rings. The summed E-state index contributed by atoms with van der Waals surface area (Å²) in [5, 5.41) is 2.90. The number of hydrogen-bond acceptors (Lipinski definition) is 2. The van der Waals surface area contributed by atoms with Crippen LogP contribution in [0.4, 0.5) is 4.39 Å². The molecule has 0 bridgehead atoms. The van der Waals surface area contributed by atoms with Crippen LogP contribution in [0.1, 0.15) is 50.4 Å². The van der Waals surface area contributed by atoms with Crippen molar-refractivity contribution in [2.24, 2.45) is 0 Å². The van der Waals surface area contributed by atoms with Gasteiger partial charge in [-0.15, -0.1) is 0 Å². The second-order valence-electron chi connectivity index (χ2n) is 6.27. The van der Waals surface area contributed by atoms with Crippen LogP contribution >= 0.6 is 0 Å². The van der Waals surface area contributed by atoms with Crippen molar-refractivity contribution in [1.82, 2.24) is 10.3 Å². The summed E-state index contributed by atoms with van der Waals surface area (Å²) in [4.78, 5) is 16.4. The van der Waals surface area contributed by atoms with E-state index in [0.717, 1.165) is 18.2 Å². The summed E-state index contributed by atoms with van der Waals surface area (Å²) in [6.45, 7) is 7.61. The van der Waals surface area contributed by atoms with E-state index in [-0.39, 0.29) is 5.91 Å². The Morgan fingerprint density at radius 1 is 1.26 bits per heavy atom. The zero-order valence-electron chi connectivity index (χ0n) is 14.1. The Balaban J connectivity index is 2.16. The molecular formula is C19H23FN2O. The molecule has 1 unspecified atom stereocenters. The lowest BCUT2D eigenvalue weighted by atomic mass is 9.83. The maximum atomic E-state index is 13.8. The van der Waals surface area contributed by atoms with Gasteiger partial charge in [0.05, 0.1) is 17.7 Å². The maximum absolute atomic E-state index is 13.8. The van der Waals surface area contributed by atoms with Gasteiger partial charge in [0.25, 0.3) is 0 Å². The summed E-state index contributed by atoms with van der Waals surface area (Å²) >= 11 is 0. The highest BCUT2D eigenvalue weighted by Crippen LogP contribution is 2.25. The van der Waals surface area contributed by atoms with Crippen LogP contribution in [0.3, 0.4) is 0 Å². The number of rotatable bonds is 5. The van der Waals surface area contributed by atoms with Crippen molar-refractivity contribution in [3.63, 3.8) is 0 Å². The molecule has 1 aromatic heterocycles. The largest absolute Gasteiger partial charge is 0.349 e. The second-order valence-corrected chi connectivity index (χ2v) is 6.27. The fraction of sp³-hybridized carbons (Fsp3) is 0.368. The number of carbonyl (C=O) groups is 1. The van der Waals surface area contributed by atoms with Gasteiger partial charge in [-0.2, -0.15) is 0 Å². The first-order chi connectivity index (χ1) is 10.9. The van der Waals surface area contributed by atoms with E-state index in [2.05, 4.69) is 17.2 Å². The number of hydrogen-bond donors (Lipinski definition) is 1. The van der Waals surface area contributed by atoms with Gasteiger partial charge in [-0.05, 0) is 44.4 Å². The molecule has 0 radical (unpaired) electrons. The van der Waals surface area contributed by atoms with E-state index in [1.54, 1.807) is 13.0 Å². The molecule has 2 aromatic rings. The number of benzene rings is 1. The average molecular weight is 314 g/mol. The van der Waals surface area contributed by atoms with E-state index >= 15 is 0 Å². The minimum absolute atomic E-state index is 0.134. The Kier molecular flexibility index (Phi) is 5.14. The number of halogens is 1. The molecule has 23 heavy (non-hydrogen) atoms. The van der Waals surface area contributed by atoms with Crippen LogP contribution in [0.25, 0.3) is 0 Å². The molecule has 0 aliphatic heterocycles. The van der Waals surface area contributed by atoms with E-state index in [0.29, 0.717) is 5.56 Å². The zero-order chi connectivity index (χ0) is 17.0. The fourth-order valence-corrected chi connectivity index (χ4v) is 2.48. The lowest BCUT2D eigenvalue weighted by Gasteiger charge is -2.27. The van der Waals surface area contributed by atoms with Crippen LogP contribution in [0.5, 0.6) is 0 Å². The Hall–Kier alpha value is -2.23. The molecule has 1 N–H and O–H groups in total. The quantitative estimate of drug-likeness (QED) is 0.908. The summed E-state index contributed by atoms with van der Waals surface area (Å²) in [6, 6.07) is 9.21. The summed E-state index contributed by atoms with van der Waals surface area (Å²) in [5.41, 5.74) is 1.92. The van der Waals surface area contributed by atoms with Crippen LogP contribution in [0.15, 0.2) is 42.7 Å². The molecule has 122 valence electrons. The Morgan fingerprint density at radius 3 is 2.48 bits per heavy atom. The monoisotopic (exact) mass is 314 g/mol. The van der Waals surface area contributed by atoms with Crippen molar-refractivity contribution < 1.29 is 9.18 Å². The first-order valence-corrected chi connectivity index (χ1v) is 7.86. The topological polar surface area (TPSA) is 42.0 Å². The molecule has 0 spiro atoms. The van der Waals surface area contributed by atoms with Crippen molar-refractivity contribution in [3.05, 3.63) is 65.2 Å². The molecular weight excluding hydrogens is 291 g/mol. The lowest BCUT2D eigenvalue weighted by Crippen LogP contribution is -2.41. The van der Waals surface area contributed by atoms with Crippen molar-refractivity contribution >= 4 is 5.91 Å². The maximum Gasteiger partial charge on any atom is 0.230 e. The Labute approximate surface area is 137 Å². The van der Waals surface area contributed by atoms with E-state index in [1.807, 2.05) is 38.1 Å². The molecule has 3 nitrogen and oxygen atoms in total. The number of carbonyl (C=O) groups excluding carboxylic acids is 1. The first-order valence-electron chi connectivity index (χ1n) is 7.86. The van der Waals surface area contributed by atoms with Crippen molar-refractivity contribution in [2.45, 2.75) is 45.6 Å². The van der Waals surface area contributed by atoms with Crippen molar-refractivity contribution in [2.75, 3.05) is 0 Å². The average Bonchev–Trinajstić information content (AvgIpc) is 2.55. The molecule has 0 saturated carbocycles. The Morgan fingerprint density at radius 2 is 1.91 bits per heavy atom. The van der Waals surface area contributed by atoms with Crippen molar-refractivity contribution in [3.8, 4) is 0 Å². The molecule has 4 heteroatoms. The third-order valence-corrected chi connectivity index (χ3v) is 4.27. The SMILES string of the molecule is CCc1ccc(C(C)(C)C(=O)NC(C)c2ccncc2F)cc1. The molecule has 1 atom stereocenters. The van der Waals surface area contributed by atoms with Crippen LogP contribution in [0, 0.1) is 5.82 Å². The summed E-state index contributed by atoms with van der Waals surface area (Å²) in [6.07, 6.45) is 3.65. The summed E-state index contributed by atoms with van der Waals surface area (Å²) in [7, 11) is 0. The number of nitrogens with one attached hydrogen (secondary N) is 1. The highest BCUT2D eigenvalue weighted by atomic mass is 19.1. The van der Waals surface area contributed by atoms with E-state index in [1.165, 1.54) is 11.8 Å². The number of aromatic nitrogens is 1. The number of pyridine rings is 1. The number of aryl methyl sites for hydroxylation is 1. The summed E-state index contributed by atoms with van der Waals surface area (Å²) < 4.78 is 13.8. The van der Waals surface area contributed by atoms with Gasteiger partial charge in [0.1, 0.15) is 5.82 Å². The minimum atomic E-state index is -0.690. The molecule has 2 rings (SSSR count). The third-order valence-electron chi connectivity index (χ3n) is 4.27.